The van der Waals surface area contributed by atoms with E-state index in [2.05, 4.69) is 48.3 Å². The van der Waals surface area contributed by atoms with Gasteiger partial charge in [-0.05, 0) is 31.5 Å². The summed E-state index contributed by atoms with van der Waals surface area (Å²) in [5, 5.41) is 13.2. The fraction of sp³-hybridized carbons (Fsp3) is 0.600. The Kier molecular flexibility index (Phi) is 7.48. The predicted molar refractivity (Wildman–Crippen MR) is 79.8 cm³/mol. The summed E-state index contributed by atoms with van der Waals surface area (Å²) in [4.78, 5) is 2.19. The maximum Gasteiger partial charge on any atom is 0.0839 e. The Balaban J connectivity index is 2.43. The van der Waals surface area contributed by atoms with Crippen LogP contribution in [0.15, 0.2) is 24.3 Å². The predicted octanol–water partition coefficient (Wildman–Crippen LogP) is 1.42. The van der Waals surface area contributed by atoms with Gasteiger partial charge >= 0.3 is 0 Å². The smallest absolute Gasteiger partial charge is 0.0839 e. The number of hydrogen-bond acceptors (Lipinski definition) is 4. The second-order valence-electron chi connectivity index (χ2n) is 4.73. The highest BCUT2D eigenvalue weighted by Gasteiger charge is 2.10. The number of methoxy groups -OCH3 is 1. The van der Waals surface area contributed by atoms with Crippen molar-refractivity contribution in [2.45, 2.75) is 20.0 Å². The molecule has 0 saturated heterocycles. The van der Waals surface area contributed by atoms with E-state index in [0.717, 1.165) is 13.1 Å². The van der Waals surface area contributed by atoms with Crippen molar-refractivity contribution in [2.75, 3.05) is 44.8 Å². The van der Waals surface area contributed by atoms with Crippen molar-refractivity contribution in [2.24, 2.45) is 0 Å². The summed E-state index contributed by atoms with van der Waals surface area (Å²) >= 11 is 0. The largest absolute Gasteiger partial charge is 0.390 e. The molecule has 1 aromatic carbocycles. The van der Waals surface area contributed by atoms with Gasteiger partial charge in [0.25, 0.3) is 0 Å². The number of nitrogens with one attached hydrogen (secondary N) is 1. The zero-order valence-corrected chi connectivity index (χ0v) is 12.2. The average Bonchev–Trinajstić information content (AvgIpc) is 2.41. The van der Waals surface area contributed by atoms with Gasteiger partial charge in [-0.3, -0.25) is 0 Å². The van der Waals surface area contributed by atoms with Gasteiger partial charge in [-0.1, -0.05) is 12.1 Å². The van der Waals surface area contributed by atoms with Gasteiger partial charge in [0.2, 0.25) is 0 Å². The number of aliphatic hydroxyl groups is 1. The van der Waals surface area contributed by atoms with E-state index >= 15 is 0 Å². The van der Waals surface area contributed by atoms with Gasteiger partial charge in [0.05, 0.1) is 12.7 Å². The highest BCUT2D eigenvalue weighted by molar-refractivity contribution is 5.48. The average molecular weight is 266 g/mol. The first-order chi connectivity index (χ1) is 9.17. The van der Waals surface area contributed by atoms with Gasteiger partial charge < -0.3 is 20.1 Å². The van der Waals surface area contributed by atoms with Crippen LogP contribution in [0.3, 0.4) is 0 Å². The van der Waals surface area contributed by atoms with E-state index in [0.29, 0.717) is 19.7 Å². The summed E-state index contributed by atoms with van der Waals surface area (Å²) in [7, 11) is 1.68. The van der Waals surface area contributed by atoms with E-state index in [4.69, 9.17) is 4.74 Å². The number of anilines is 1. The molecule has 108 valence electrons. The molecule has 0 amide bonds. The van der Waals surface area contributed by atoms with Crippen LogP contribution in [0.2, 0.25) is 0 Å². The number of ether oxygens (including phenoxy) is 1. The third kappa shape index (κ3) is 6.05. The van der Waals surface area contributed by atoms with Crippen molar-refractivity contribution >= 4 is 5.69 Å². The first kappa shape index (κ1) is 16.0. The SMILES string of the molecule is CCN(CC(O)CNCCOC)c1cccc(C)c1. The molecule has 0 radical (unpaired) electrons. The normalized spacial score (nSPS) is 12.4. The van der Waals surface area contributed by atoms with E-state index in [1.165, 1.54) is 11.3 Å². The lowest BCUT2D eigenvalue weighted by Gasteiger charge is -2.26. The van der Waals surface area contributed by atoms with Crippen LogP contribution in [0.5, 0.6) is 0 Å². The van der Waals surface area contributed by atoms with Crippen molar-refractivity contribution < 1.29 is 9.84 Å². The summed E-state index contributed by atoms with van der Waals surface area (Å²) in [5.41, 5.74) is 2.40. The second-order valence-corrected chi connectivity index (χ2v) is 4.73. The number of aryl methyl sites for hydroxylation is 1. The molecule has 0 fully saturated rings. The number of rotatable bonds is 9. The van der Waals surface area contributed by atoms with Crippen molar-refractivity contribution in [1.82, 2.24) is 5.32 Å². The van der Waals surface area contributed by atoms with E-state index in [-0.39, 0.29) is 6.10 Å². The first-order valence-corrected chi connectivity index (χ1v) is 6.86. The quantitative estimate of drug-likeness (QED) is 0.664. The molecule has 4 nitrogen and oxygen atoms in total. The molecule has 1 aromatic rings. The van der Waals surface area contributed by atoms with Crippen LogP contribution in [0.4, 0.5) is 5.69 Å². The van der Waals surface area contributed by atoms with Crippen molar-refractivity contribution in [3.63, 3.8) is 0 Å². The third-order valence-electron chi connectivity index (χ3n) is 3.04. The Morgan fingerprint density at radius 2 is 2.21 bits per heavy atom. The molecule has 4 heteroatoms. The molecule has 0 aliphatic heterocycles. The van der Waals surface area contributed by atoms with Gasteiger partial charge in [-0.15, -0.1) is 0 Å². The summed E-state index contributed by atoms with van der Waals surface area (Å²) in [6.45, 7) is 7.74. The molecule has 1 rings (SSSR count). The Labute approximate surface area is 116 Å². The minimum absolute atomic E-state index is 0.377. The van der Waals surface area contributed by atoms with Crippen LogP contribution in [-0.2, 0) is 4.74 Å². The van der Waals surface area contributed by atoms with Crippen LogP contribution in [0.1, 0.15) is 12.5 Å². The molecule has 0 aromatic heterocycles. The maximum absolute atomic E-state index is 10.0. The third-order valence-corrected chi connectivity index (χ3v) is 3.04. The monoisotopic (exact) mass is 266 g/mol. The Bertz CT molecular complexity index is 358. The molecule has 0 aliphatic carbocycles. The zero-order valence-electron chi connectivity index (χ0n) is 12.2. The minimum atomic E-state index is -0.377. The molecular weight excluding hydrogens is 240 g/mol. The summed E-state index contributed by atoms with van der Waals surface area (Å²) < 4.78 is 4.95. The molecular formula is C15H26N2O2. The summed E-state index contributed by atoms with van der Waals surface area (Å²) in [6, 6.07) is 8.37. The highest BCUT2D eigenvalue weighted by atomic mass is 16.5. The van der Waals surface area contributed by atoms with Crippen molar-refractivity contribution in [1.29, 1.82) is 0 Å². The van der Waals surface area contributed by atoms with Crippen LogP contribution in [-0.4, -0.2) is 51.1 Å². The van der Waals surface area contributed by atoms with E-state index in [9.17, 15) is 5.11 Å². The molecule has 0 saturated carbocycles. The standard InChI is InChI=1S/C15H26N2O2/c1-4-17(14-7-5-6-13(2)10-14)12-15(18)11-16-8-9-19-3/h5-7,10,15-16,18H,4,8-9,11-12H2,1-3H3. The number of likely N-dealkylation sites (N-methyl/N-ethyl adjacent to an activating group) is 1. The molecule has 19 heavy (non-hydrogen) atoms. The van der Waals surface area contributed by atoms with Gasteiger partial charge in [-0.2, -0.15) is 0 Å². The van der Waals surface area contributed by atoms with Crippen molar-refractivity contribution in [3.8, 4) is 0 Å². The lowest BCUT2D eigenvalue weighted by molar-refractivity contribution is 0.163. The van der Waals surface area contributed by atoms with Gasteiger partial charge in [0.15, 0.2) is 0 Å². The fourth-order valence-electron chi connectivity index (χ4n) is 2.00. The van der Waals surface area contributed by atoms with Gasteiger partial charge in [0.1, 0.15) is 0 Å². The first-order valence-electron chi connectivity index (χ1n) is 6.86. The lowest BCUT2D eigenvalue weighted by Crippen LogP contribution is -2.39. The Hall–Kier alpha value is -1.10. The van der Waals surface area contributed by atoms with Gasteiger partial charge in [0, 0.05) is 39.0 Å². The molecule has 0 heterocycles. The van der Waals surface area contributed by atoms with Crippen LogP contribution < -0.4 is 10.2 Å². The second kappa shape index (κ2) is 8.91. The Morgan fingerprint density at radius 1 is 1.42 bits per heavy atom. The highest BCUT2D eigenvalue weighted by Crippen LogP contribution is 2.15. The van der Waals surface area contributed by atoms with Crippen molar-refractivity contribution in [3.05, 3.63) is 29.8 Å². The lowest BCUT2D eigenvalue weighted by atomic mass is 10.2. The molecule has 2 N–H and O–H groups in total. The van der Waals surface area contributed by atoms with E-state index < -0.39 is 0 Å². The number of benzene rings is 1. The molecule has 0 spiro atoms. The van der Waals surface area contributed by atoms with Crippen LogP contribution in [0, 0.1) is 6.92 Å². The number of nitrogens with zero attached hydrogens (tertiary/aromatic N) is 1. The van der Waals surface area contributed by atoms with E-state index in [1.54, 1.807) is 7.11 Å². The molecule has 0 aliphatic rings. The maximum atomic E-state index is 10.0. The zero-order chi connectivity index (χ0) is 14.1. The number of aliphatic hydroxyl groups excluding tert-OH is 1. The molecule has 0 bridgehead atoms. The minimum Gasteiger partial charge on any atom is -0.390 e. The van der Waals surface area contributed by atoms with Crippen LogP contribution in [0.25, 0.3) is 0 Å². The number of hydrogen-bond donors (Lipinski definition) is 2. The Morgan fingerprint density at radius 3 is 2.84 bits per heavy atom. The summed E-state index contributed by atoms with van der Waals surface area (Å²) in [6.07, 6.45) is -0.377. The summed E-state index contributed by atoms with van der Waals surface area (Å²) in [5.74, 6) is 0. The van der Waals surface area contributed by atoms with Gasteiger partial charge in [-0.25, -0.2) is 0 Å². The van der Waals surface area contributed by atoms with E-state index in [1.807, 2.05) is 0 Å². The van der Waals surface area contributed by atoms with Crippen LogP contribution >= 0.6 is 0 Å². The molecule has 1 unspecified atom stereocenters. The molecule has 1 atom stereocenters. The topological polar surface area (TPSA) is 44.7 Å². The fourth-order valence-corrected chi connectivity index (χ4v) is 2.00.